The van der Waals surface area contributed by atoms with Crippen molar-refractivity contribution in [3.8, 4) is 0 Å². The van der Waals surface area contributed by atoms with Gasteiger partial charge in [0.25, 0.3) is 0 Å². The second-order valence-electron chi connectivity index (χ2n) is 1.80. The number of hydrogen-bond donors (Lipinski definition) is 0. The van der Waals surface area contributed by atoms with E-state index in [9.17, 15) is 8.78 Å². The quantitative estimate of drug-likeness (QED) is 0.706. The van der Waals surface area contributed by atoms with E-state index in [2.05, 4.69) is 5.10 Å². The van der Waals surface area contributed by atoms with E-state index in [0.29, 0.717) is 10.4 Å². The van der Waals surface area contributed by atoms with Gasteiger partial charge in [-0.2, -0.15) is 13.9 Å². The zero-order valence-corrected chi connectivity index (χ0v) is 7.34. The topological polar surface area (TPSA) is 17.8 Å². The lowest BCUT2D eigenvalue weighted by atomic mass is 10.5. The third-order valence-corrected chi connectivity index (χ3v) is 2.23. The molecule has 0 radical (unpaired) electrons. The summed E-state index contributed by atoms with van der Waals surface area (Å²) in [6.45, 7) is -0.912. The molecule has 0 aromatic carbocycles. The molecule has 1 aromatic rings. The van der Waals surface area contributed by atoms with Gasteiger partial charge in [-0.05, 0) is 29.5 Å². The van der Waals surface area contributed by atoms with Crippen LogP contribution in [0.1, 0.15) is 12.2 Å². The minimum absolute atomic E-state index is 0.510. The number of alkyl halides is 2. The summed E-state index contributed by atoms with van der Waals surface area (Å²) >= 11 is 1.96. The smallest absolute Gasteiger partial charge is 0.208 e. The average molecular weight is 258 g/mol. The molecular weight excluding hydrogens is 253 g/mol. The summed E-state index contributed by atoms with van der Waals surface area (Å²) in [4.78, 5) is 0. The summed E-state index contributed by atoms with van der Waals surface area (Å²) in [5.41, 5.74) is 0.510. The van der Waals surface area contributed by atoms with Crippen molar-refractivity contribution < 1.29 is 8.78 Å². The summed E-state index contributed by atoms with van der Waals surface area (Å²) in [6.07, 6.45) is 1.42. The number of hydrogen-bond acceptors (Lipinski definition) is 1. The van der Waals surface area contributed by atoms with E-state index in [0.717, 1.165) is 3.57 Å². The van der Waals surface area contributed by atoms with E-state index in [1.165, 1.54) is 6.20 Å². The molecule has 0 unspecified atom stereocenters. The minimum atomic E-state index is -2.52. The lowest BCUT2D eigenvalue weighted by molar-refractivity contribution is 0.0543. The molecule has 0 aliphatic rings. The normalized spacial score (nSPS) is 10.9. The number of nitrogens with zero attached hydrogens (tertiary/aromatic N) is 2. The third kappa shape index (κ3) is 1.28. The van der Waals surface area contributed by atoms with Crippen molar-refractivity contribution in [3.05, 3.63) is 15.5 Å². The van der Waals surface area contributed by atoms with Gasteiger partial charge in [0.15, 0.2) is 0 Å². The molecule has 1 heterocycles. The van der Waals surface area contributed by atoms with Gasteiger partial charge in [0.2, 0.25) is 0 Å². The summed E-state index contributed by atoms with van der Waals surface area (Å²) in [5.74, 6) is 0. The van der Waals surface area contributed by atoms with Crippen molar-refractivity contribution in [2.75, 3.05) is 0 Å². The van der Waals surface area contributed by atoms with Gasteiger partial charge >= 0.3 is 6.55 Å². The van der Waals surface area contributed by atoms with E-state index < -0.39 is 6.55 Å². The van der Waals surface area contributed by atoms with Crippen LogP contribution in [0.4, 0.5) is 8.78 Å². The molecule has 0 N–H and O–H groups in total. The van der Waals surface area contributed by atoms with Gasteiger partial charge in [-0.1, -0.05) is 0 Å². The van der Waals surface area contributed by atoms with Gasteiger partial charge in [-0.15, -0.1) is 0 Å². The van der Waals surface area contributed by atoms with Crippen LogP contribution in [-0.2, 0) is 0 Å². The van der Waals surface area contributed by atoms with E-state index >= 15 is 0 Å². The molecule has 0 bridgehead atoms. The standard InChI is InChI=1S/C5H5F2IN2/c1-3-4(8)2-9-10(3)5(6)7/h2,5H,1H3. The fourth-order valence-corrected chi connectivity index (χ4v) is 0.971. The largest absolute Gasteiger partial charge is 0.333 e. The molecule has 0 amide bonds. The fraction of sp³-hybridized carbons (Fsp3) is 0.400. The molecule has 0 fully saturated rings. The zero-order valence-electron chi connectivity index (χ0n) is 5.18. The van der Waals surface area contributed by atoms with Gasteiger partial charge in [0, 0.05) is 0 Å². The Morgan fingerprint density at radius 3 is 2.50 bits per heavy atom. The highest BCUT2D eigenvalue weighted by molar-refractivity contribution is 14.1. The number of rotatable bonds is 1. The maximum Gasteiger partial charge on any atom is 0.333 e. The molecule has 0 spiro atoms. The summed E-state index contributed by atoms with van der Waals surface area (Å²) in [5, 5.41) is 3.47. The van der Waals surface area contributed by atoms with Crippen LogP contribution in [0.3, 0.4) is 0 Å². The Balaban J connectivity index is 3.05. The van der Waals surface area contributed by atoms with E-state index in [1.807, 2.05) is 22.6 Å². The van der Waals surface area contributed by atoms with Crippen molar-refractivity contribution >= 4 is 22.6 Å². The van der Waals surface area contributed by atoms with Gasteiger partial charge < -0.3 is 0 Å². The van der Waals surface area contributed by atoms with Crippen LogP contribution in [-0.4, -0.2) is 9.78 Å². The van der Waals surface area contributed by atoms with E-state index in [1.54, 1.807) is 6.92 Å². The Labute approximate surface area is 70.4 Å². The van der Waals surface area contributed by atoms with E-state index in [-0.39, 0.29) is 0 Å². The Kier molecular flexibility index (Phi) is 2.22. The minimum Gasteiger partial charge on any atom is -0.208 e. The van der Waals surface area contributed by atoms with Crippen molar-refractivity contribution in [1.29, 1.82) is 0 Å². The lowest BCUT2D eigenvalue weighted by Gasteiger charge is -1.99. The second kappa shape index (κ2) is 2.81. The molecule has 10 heavy (non-hydrogen) atoms. The van der Waals surface area contributed by atoms with Crippen LogP contribution in [0.2, 0.25) is 0 Å². The molecule has 56 valence electrons. The van der Waals surface area contributed by atoms with Crippen LogP contribution < -0.4 is 0 Å². The van der Waals surface area contributed by atoms with Crippen LogP contribution >= 0.6 is 22.6 Å². The predicted molar refractivity (Wildman–Crippen MR) is 40.9 cm³/mol. The molecule has 0 saturated heterocycles. The first-order chi connectivity index (χ1) is 4.63. The molecule has 0 saturated carbocycles. The fourth-order valence-electron chi connectivity index (χ4n) is 0.599. The Morgan fingerprint density at radius 1 is 1.70 bits per heavy atom. The Bertz CT molecular complexity index is 234. The SMILES string of the molecule is Cc1c(I)cnn1C(F)F. The average Bonchev–Trinajstić information content (AvgIpc) is 2.14. The first-order valence-corrected chi connectivity index (χ1v) is 3.68. The molecule has 2 nitrogen and oxygen atoms in total. The molecule has 0 atom stereocenters. The van der Waals surface area contributed by atoms with Crippen molar-refractivity contribution in [2.24, 2.45) is 0 Å². The van der Waals surface area contributed by atoms with Crippen LogP contribution in [0.25, 0.3) is 0 Å². The first kappa shape index (κ1) is 7.90. The molecule has 5 heteroatoms. The third-order valence-electron chi connectivity index (χ3n) is 1.17. The monoisotopic (exact) mass is 258 g/mol. The van der Waals surface area contributed by atoms with Gasteiger partial charge in [-0.3, -0.25) is 0 Å². The van der Waals surface area contributed by atoms with E-state index in [4.69, 9.17) is 0 Å². The highest BCUT2D eigenvalue weighted by Crippen LogP contribution is 2.16. The van der Waals surface area contributed by atoms with Gasteiger partial charge in [0.1, 0.15) is 0 Å². The van der Waals surface area contributed by atoms with Crippen LogP contribution in [0, 0.1) is 10.5 Å². The Morgan fingerprint density at radius 2 is 2.30 bits per heavy atom. The summed E-state index contributed by atoms with van der Waals surface area (Å²) < 4.78 is 25.3. The van der Waals surface area contributed by atoms with Crippen molar-refractivity contribution in [3.63, 3.8) is 0 Å². The van der Waals surface area contributed by atoms with Crippen LogP contribution in [0.5, 0.6) is 0 Å². The lowest BCUT2D eigenvalue weighted by Crippen LogP contribution is -2.01. The molecule has 0 aliphatic carbocycles. The van der Waals surface area contributed by atoms with Crippen molar-refractivity contribution in [2.45, 2.75) is 13.5 Å². The van der Waals surface area contributed by atoms with Crippen LogP contribution in [0.15, 0.2) is 6.20 Å². The molecule has 1 rings (SSSR count). The molecule has 1 aromatic heterocycles. The van der Waals surface area contributed by atoms with Gasteiger partial charge in [-0.25, -0.2) is 4.68 Å². The Hall–Kier alpha value is -0.200. The highest BCUT2D eigenvalue weighted by atomic mass is 127. The second-order valence-corrected chi connectivity index (χ2v) is 2.96. The summed E-state index contributed by atoms with van der Waals surface area (Å²) in [6, 6.07) is 0. The molecular formula is C5H5F2IN2. The summed E-state index contributed by atoms with van der Waals surface area (Å²) in [7, 11) is 0. The maximum absolute atomic E-state index is 11.9. The zero-order chi connectivity index (χ0) is 7.72. The maximum atomic E-state index is 11.9. The highest BCUT2D eigenvalue weighted by Gasteiger charge is 2.10. The predicted octanol–water partition coefficient (Wildman–Crippen LogP) is 2.19. The van der Waals surface area contributed by atoms with Crippen molar-refractivity contribution in [1.82, 2.24) is 9.78 Å². The molecule has 0 aliphatic heterocycles. The number of halogens is 3. The first-order valence-electron chi connectivity index (χ1n) is 2.60. The number of aromatic nitrogens is 2. The van der Waals surface area contributed by atoms with Gasteiger partial charge in [0.05, 0.1) is 15.5 Å².